The standard InChI is InChI=1S/C16H29NO4/c1-6-7-8-13(2)11-16(15(18)20-5)10-9-14(12-19-4)17(3)21-16/h7-8,13-14H,6,9-12H2,1-5H3/b8-7-. The lowest BCUT2D eigenvalue weighted by Gasteiger charge is -2.43. The van der Waals surface area contributed by atoms with Gasteiger partial charge in [0.1, 0.15) is 0 Å². The molecule has 1 heterocycles. The number of ether oxygens (including phenoxy) is 2. The zero-order valence-electron chi connectivity index (χ0n) is 13.9. The maximum atomic E-state index is 12.3. The third-order valence-corrected chi connectivity index (χ3v) is 3.98. The molecule has 3 unspecified atom stereocenters. The van der Waals surface area contributed by atoms with Crippen molar-refractivity contribution < 1.29 is 19.1 Å². The second kappa shape index (κ2) is 8.51. The van der Waals surface area contributed by atoms with E-state index in [1.54, 1.807) is 12.2 Å². The molecule has 21 heavy (non-hydrogen) atoms. The SMILES string of the molecule is CC/C=C\C(C)CC1(C(=O)OC)CCC(COC)N(C)O1. The van der Waals surface area contributed by atoms with E-state index in [2.05, 4.69) is 26.0 Å². The first-order valence-corrected chi connectivity index (χ1v) is 7.65. The summed E-state index contributed by atoms with van der Waals surface area (Å²) in [7, 11) is 4.95. The molecule has 0 aromatic rings. The van der Waals surface area contributed by atoms with Gasteiger partial charge in [-0.1, -0.05) is 26.0 Å². The predicted octanol–water partition coefficient (Wildman–Crippen LogP) is 2.56. The Morgan fingerprint density at radius 1 is 1.52 bits per heavy atom. The molecule has 0 amide bonds. The average Bonchev–Trinajstić information content (AvgIpc) is 2.47. The lowest BCUT2D eigenvalue weighted by atomic mass is 9.84. The monoisotopic (exact) mass is 299 g/mol. The number of hydrogen-bond donors (Lipinski definition) is 0. The molecule has 0 aliphatic carbocycles. The number of hydrogen-bond acceptors (Lipinski definition) is 5. The summed E-state index contributed by atoms with van der Waals surface area (Å²) in [6, 6.07) is 0.175. The topological polar surface area (TPSA) is 48.0 Å². The van der Waals surface area contributed by atoms with Crippen molar-refractivity contribution >= 4 is 5.97 Å². The van der Waals surface area contributed by atoms with E-state index < -0.39 is 5.60 Å². The Bertz CT molecular complexity index is 358. The Hall–Kier alpha value is -0.910. The molecule has 1 rings (SSSR count). The second-order valence-electron chi connectivity index (χ2n) is 5.79. The van der Waals surface area contributed by atoms with E-state index in [0.717, 1.165) is 12.8 Å². The smallest absolute Gasteiger partial charge is 0.340 e. The molecule has 5 heteroatoms. The van der Waals surface area contributed by atoms with Crippen LogP contribution < -0.4 is 0 Å². The van der Waals surface area contributed by atoms with Gasteiger partial charge in [0, 0.05) is 14.2 Å². The Morgan fingerprint density at radius 3 is 2.76 bits per heavy atom. The molecular weight excluding hydrogens is 270 g/mol. The van der Waals surface area contributed by atoms with Gasteiger partial charge >= 0.3 is 5.97 Å². The number of carbonyl (C=O) groups is 1. The number of esters is 1. The molecule has 122 valence electrons. The molecule has 1 fully saturated rings. The van der Waals surface area contributed by atoms with Crippen LogP contribution in [0.1, 0.15) is 39.5 Å². The van der Waals surface area contributed by atoms with Gasteiger partial charge < -0.3 is 9.47 Å². The van der Waals surface area contributed by atoms with E-state index in [1.807, 2.05) is 7.05 Å². The minimum absolute atomic E-state index is 0.175. The quantitative estimate of drug-likeness (QED) is 0.534. The van der Waals surface area contributed by atoms with Crippen LogP contribution in [-0.2, 0) is 19.1 Å². The normalized spacial score (nSPS) is 28.7. The molecular formula is C16H29NO4. The molecule has 0 N–H and O–H groups in total. The maximum Gasteiger partial charge on any atom is 0.340 e. The molecule has 0 aromatic heterocycles. The summed E-state index contributed by atoms with van der Waals surface area (Å²) < 4.78 is 10.2. The van der Waals surface area contributed by atoms with Crippen molar-refractivity contribution in [2.75, 3.05) is 27.9 Å². The first kappa shape index (κ1) is 18.1. The molecule has 0 saturated carbocycles. The van der Waals surface area contributed by atoms with Crippen LogP contribution in [-0.4, -0.2) is 50.5 Å². The summed E-state index contributed by atoms with van der Waals surface area (Å²) >= 11 is 0. The first-order valence-electron chi connectivity index (χ1n) is 7.65. The van der Waals surface area contributed by atoms with Gasteiger partial charge in [-0.2, -0.15) is 5.06 Å². The maximum absolute atomic E-state index is 12.3. The number of carbonyl (C=O) groups excluding carboxylic acids is 1. The van der Waals surface area contributed by atoms with E-state index in [9.17, 15) is 4.79 Å². The van der Waals surface area contributed by atoms with E-state index in [4.69, 9.17) is 14.3 Å². The van der Waals surface area contributed by atoms with Crippen molar-refractivity contribution in [1.82, 2.24) is 5.06 Å². The van der Waals surface area contributed by atoms with Gasteiger partial charge in [-0.25, -0.2) is 4.79 Å². The van der Waals surface area contributed by atoms with Crippen LogP contribution in [0.2, 0.25) is 0 Å². The van der Waals surface area contributed by atoms with Crippen LogP contribution in [0.3, 0.4) is 0 Å². The van der Waals surface area contributed by atoms with Gasteiger partial charge in [0.25, 0.3) is 0 Å². The van der Waals surface area contributed by atoms with Crippen molar-refractivity contribution in [3.05, 3.63) is 12.2 Å². The van der Waals surface area contributed by atoms with Crippen LogP contribution >= 0.6 is 0 Å². The zero-order valence-corrected chi connectivity index (χ0v) is 13.9. The highest BCUT2D eigenvalue weighted by atomic mass is 16.7. The van der Waals surface area contributed by atoms with Crippen LogP contribution in [0.25, 0.3) is 0 Å². The van der Waals surface area contributed by atoms with E-state index >= 15 is 0 Å². The molecule has 0 bridgehead atoms. The van der Waals surface area contributed by atoms with Crippen LogP contribution in [0.4, 0.5) is 0 Å². The van der Waals surface area contributed by atoms with Crippen molar-refractivity contribution in [1.29, 1.82) is 0 Å². The largest absolute Gasteiger partial charge is 0.467 e. The summed E-state index contributed by atoms with van der Waals surface area (Å²) in [5, 5.41) is 1.75. The minimum Gasteiger partial charge on any atom is -0.467 e. The third-order valence-electron chi connectivity index (χ3n) is 3.98. The summed E-state index contributed by atoms with van der Waals surface area (Å²) in [4.78, 5) is 18.3. The Kier molecular flexibility index (Phi) is 7.35. The molecule has 0 spiro atoms. The molecule has 0 aromatic carbocycles. The predicted molar refractivity (Wildman–Crippen MR) is 81.7 cm³/mol. The third kappa shape index (κ3) is 4.80. The first-order chi connectivity index (χ1) is 9.99. The number of nitrogens with zero attached hydrogens (tertiary/aromatic N) is 1. The van der Waals surface area contributed by atoms with Gasteiger partial charge in [-0.05, 0) is 31.6 Å². The van der Waals surface area contributed by atoms with Crippen molar-refractivity contribution in [3.63, 3.8) is 0 Å². The average molecular weight is 299 g/mol. The number of rotatable bonds is 7. The van der Waals surface area contributed by atoms with Crippen LogP contribution in [0.5, 0.6) is 0 Å². The number of likely N-dealkylation sites (N-methyl/N-ethyl adjacent to an activating group) is 1. The summed E-state index contributed by atoms with van der Waals surface area (Å²) in [5.41, 5.74) is -0.884. The van der Waals surface area contributed by atoms with E-state index in [1.165, 1.54) is 7.11 Å². The number of allylic oxidation sites excluding steroid dienone is 2. The van der Waals surface area contributed by atoms with E-state index in [-0.39, 0.29) is 17.9 Å². The summed E-state index contributed by atoms with van der Waals surface area (Å²) in [6.07, 6.45) is 7.38. The minimum atomic E-state index is -0.884. The lowest BCUT2D eigenvalue weighted by molar-refractivity contribution is -0.288. The van der Waals surface area contributed by atoms with Crippen molar-refractivity contribution in [2.45, 2.75) is 51.2 Å². The molecule has 1 aliphatic rings. The van der Waals surface area contributed by atoms with Gasteiger partial charge in [0.15, 0.2) is 5.60 Å². The fraction of sp³-hybridized carbons (Fsp3) is 0.812. The highest BCUT2D eigenvalue weighted by Gasteiger charge is 2.47. The fourth-order valence-corrected chi connectivity index (χ4v) is 2.86. The van der Waals surface area contributed by atoms with Crippen LogP contribution in [0, 0.1) is 5.92 Å². The lowest BCUT2D eigenvalue weighted by Crippen LogP contribution is -2.55. The number of hydroxylamine groups is 2. The van der Waals surface area contributed by atoms with Crippen LogP contribution in [0.15, 0.2) is 12.2 Å². The van der Waals surface area contributed by atoms with Crippen molar-refractivity contribution in [3.8, 4) is 0 Å². The Labute approximate surface area is 128 Å². The molecule has 1 saturated heterocycles. The highest BCUT2D eigenvalue weighted by Crippen LogP contribution is 2.35. The summed E-state index contributed by atoms with van der Waals surface area (Å²) in [6.45, 7) is 4.79. The van der Waals surface area contributed by atoms with Gasteiger partial charge in [0.05, 0.1) is 19.8 Å². The number of methoxy groups -OCH3 is 2. The van der Waals surface area contributed by atoms with E-state index in [0.29, 0.717) is 19.4 Å². The fourth-order valence-electron chi connectivity index (χ4n) is 2.86. The molecule has 1 aliphatic heterocycles. The highest BCUT2D eigenvalue weighted by molar-refractivity contribution is 5.79. The Balaban J connectivity index is 2.82. The van der Waals surface area contributed by atoms with Gasteiger partial charge in [-0.15, -0.1) is 0 Å². The summed E-state index contributed by atoms with van der Waals surface area (Å²) in [5.74, 6) is -0.0293. The Morgan fingerprint density at radius 2 is 2.24 bits per heavy atom. The molecule has 3 atom stereocenters. The van der Waals surface area contributed by atoms with Gasteiger partial charge in [-0.3, -0.25) is 4.84 Å². The molecule has 0 radical (unpaired) electrons. The van der Waals surface area contributed by atoms with Crippen molar-refractivity contribution in [2.24, 2.45) is 5.92 Å². The van der Waals surface area contributed by atoms with Gasteiger partial charge in [0.2, 0.25) is 0 Å². The second-order valence-corrected chi connectivity index (χ2v) is 5.79. The zero-order chi connectivity index (χ0) is 15.9. The molecule has 5 nitrogen and oxygen atoms in total.